The quantitative estimate of drug-likeness (QED) is 0.355. The van der Waals surface area contributed by atoms with Gasteiger partial charge in [0, 0.05) is 17.0 Å². The predicted molar refractivity (Wildman–Crippen MR) is 111 cm³/mol. The normalized spacial score (nSPS) is 11.0. The minimum absolute atomic E-state index is 0.256. The van der Waals surface area contributed by atoms with Gasteiger partial charge in [-0.05, 0) is 30.7 Å². The molecule has 2 nitrogen and oxygen atoms in total. The zero-order valence-electron chi connectivity index (χ0n) is 16.1. The Hall–Kier alpha value is -2.42. The molecule has 27 heavy (non-hydrogen) atoms. The highest BCUT2D eigenvalue weighted by Crippen LogP contribution is 2.30. The van der Waals surface area contributed by atoms with Gasteiger partial charge in [0.1, 0.15) is 11.6 Å². The highest BCUT2D eigenvalue weighted by Gasteiger charge is 2.09. The largest absolute Gasteiger partial charge is 0.493 e. The van der Waals surface area contributed by atoms with Crippen LogP contribution in [0.5, 0.6) is 5.75 Å². The minimum atomic E-state index is -0.256. The molecule has 0 bridgehead atoms. The summed E-state index contributed by atoms with van der Waals surface area (Å²) in [5.74, 6) is 0.568. The molecular weight excluding hydrogens is 337 g/mol. The molecule has 2 aromatic carbocycles. The van der Waals surface area contributed by atoms with Gasteiger partial charge in [0.15, 0.2) is 0 Å². The number of nitrogens with zero attached hydrogens (tertiary/aromatic N) is 1. The third-order valence-corrected chi connectivity index (χ3v) is 4.80. The lowest BCUT2D eigenvalue weighted by molar-refractivity contribution is 0.307. The molecule has 0 aliphatic carbocycles. The molecule has 0 unspecified atom stereocenters. The van der Waals surface area contributed by atoms with Crippen molar-refractivity contribution in [3.05, 3.63) is 60.4 Å². The molecule has 0 fully saturated rings. The zero-order valence-corrected chi connectivity index (χ0v) is 16.1. The molecule has 3 rings (SSSR count). The third-order valence-electron chi connectivity index (χ3n) is 4.80. The highest BCUT2D eigenvalue weighted by molar-refractivity contribution is 5.87. The van der Waals surface area contributed by atoms with Crippen LogP contribution >= 0.6 is 0 Å². The predicted octanol–water partition coefficient (Wildman–Crippen LogP) is 7.17. The molecule has 1 aromatic heterocycles. The van der Waals surface area contributed by atoms with Crippen LogP contribution in [0.2, 0.25) is 0 Å². The molecule has 1 heterocycles. The van der Waals surface area contributed by atoms with Crippen LogP contribution in [0, 0.1) is 5.82 Å². The topological polar surface area (TPSA) is 22.1 Å². The molecule has 0 saturated heterocycles. The van der Waals surface area contributed by atoms with E-state index in [0.717, 1.165) is 34.3 Å². The molecule has 0 N–H and O–H groups in total. The Bertz CT molecular complexity index is 862. The fourth-order valence-electron chi connectivity index (χ4n) is 3.30. The summed E-state index contributed by atoms with van der Waals surface area (Å²) in [6, 6.07) is 16.4. The SMILES string of the molecule is CCCCCCCCCOc1cc(-c2cccc(F)c2)nc2ccccc12. The molecule has 0 amide bonds. The fourth-order valence-corrected chi connectivity index (χ4v) is 3.30. The maximum absolute atomic E-state index is 13.6. The lowest BCUT2D eigenvalue weighted by atomic mass is 10.1. The number of benzene rings is 2. The van der Waals surface area contributed by atoms with E-state index in [4.69, 9.17) is 4.74 Å². The summed E-state index contributed by atoms with van der Waals surface area (Å²) < 4.78 is 19.7. The fraction of sp³-hybridized carbons (Fsp3) is 0.375. The summed E-state index contributed by atoms with van der Waals surface area (Å²) in [5.41, 5.74) is 2.37. The van der Waals surface area contributed by atoms with E-state index >= 15 is 0 Å². The van der Waals surface area contributed by atoms with E-state index in [2.05, 4.69) is 11.9 Å². The zero-order chi connectivity index (χ0) is 18.9. The number of aromatic nitrogens is 1. The van der Waals surface area contributed by atoms with Gasteiger partial charge in [-0.15, -0.1) is 0 Å². The van der Waals surface area contributed by atoms with E-state index in [9.17, 15) is 4.39 Å². The second-order valence-corrected chi connectivity index (χ2v) is 7.00. The number of halogens is 1. The number of hydrogen-bond acceptors (Lipinski definition) is 2. The van der Waals surface area contributed by atoms with Gasteiger partial charge >= 0.3 is 0 Å². The van der Waals surface area contributed by atoms with Crippen molar-refractivity contribution in [1.82, 2.24) is 4.98 Å². The number of rotatable bonds is 10. The van der Waals surface area contributed by atoms with E-state index < -0.39 is 0 Å². The van der Waals surface area contributed by atoms with E-state index in [1.807, 2.05) is 36.4 Å². The van der Waals surface area contributed by atoms with Crippen molar-refractivity contribution in [2.75, 3.05) is 6.61 Å². The van der Waals surface area contributed by atoms with Gasteiger partial charge in [-0.1, -0.05) is 69.7 Å². The Morgan fingerprint density at radius 1 is 0.852 bits per heavy atom. The Kier molecular flexibility index (Phi) is 7.20. The molecule has 142 valence electrons. The first-order chi connectivity index (χ1) is 13.3. The van der Waals surface area contributed by atoms with Crippen LogP contribution in [0.4, 0.5) is 4.39 Å². The Labute approximate surface area is 161 Å². The van der Waals surface area contributed by atoms with Crippen LogP contribution in [-0.4, -0.2) is 11.6 Å². The lowest BCUT2D eigenvalue weighted by Crippen LogP contribution is -1.99. The number of unbranched alkanes of at least 4 members (excludes halogenated alkanes) is 6. The molecule has 0 aliphatic rings. The molecule has 0 atom stereocenters. The van der Waals surface area contributed by atoms with Gasteiger partial charge in [0.2, 0.25) is 0 Å². The molecule has 0 aliphatic heterocycles. The van der Waals surface area contributed by atoms with E-state index in [0.29, 0.717) is 6.61 Å². The number of ether oxygens (including phenoxy) is 1. The first kappa shape index (κ1) is 19.3. The van der Waals surface area contributed by atoms with Gasteiger partial charge in [-0.3, -0.25) is 0 Å². The van der Waals surface area contributed by atoms with Crippen LogP contribution in [0.25, 0.3) is 22.2 Å². The van der Waals surface area contributed by atoms with Crippen molar-refractivity contribution >= 4 is 10.9 Å². The third kappa shape index (κ3) is 5.53. The monoisotopic (exact) mass is 365 g/mol. The van der Waals surface area contributed by atoms with Crippen LogP contribution in [0.3, 0.4) is 0 Å². The Morgan fingerprint density at radius 3 is 2.44 bits per heavy atom. The van der Waals surface area contributed by atoms with Crippen molar-refractivity contribution in [3.63, 3.8) is 0 Å². The van der Waals surface area contributed by atoms with Crippen molar-refractivity contribution < 1.29 is 9.13 Å². The lowest BCUT2D eigenvalue weighted by Gasteiger charge is -2.12. The Morgan fingerprint density at radius 2 is 1.63 bits per heavy atom. The maximum Gasteiger partial charge on any atom is 0.130 e. The molecule has 0 spiro atoms. The van der Waals surface area contributed by atoms with Gasteiger partial charge in [0.25, 0.3) is 0 Å². The molecule has 3 aromatic rings. The first-order valence-electron chi connectivity index (χ1n) is 10.1. The summed E-state index contributed by atoms with van der Waals surface area (Å²) in [6.45, 7) is 2.94. The van der Waals surface area contributed by atoms with Crippen molar-refractivity contribution in [3.8, 4) is 17.0 Å². The molecular formula is C24H28FNO. The van der Waals surface area contributed by atoms with E-state index in [1.165, 1.54) is 50.7 Å². The average molecular weight is 365 g/mol. The standard InChI is InChI=1S/C24H28FNO/c1-2-3-4-5-6-7-10-16-27-24-18-23(19-12-11-13-20(25)17-19)26-22-15-9-8-14-21(22)24/h8-9,11-15,17-18H,2-7,10,16H2,1H3. The summed E-state index contributed by atoms with van der Waals surface area (Å²) in [5, 5.41) is 1.00. The molecule has 0 radical (unpaired) electrons. The van der Waals surface area contributed by atoms with Gasteiger partial charge in [-0.2, -0.15) is 0 Å². The molecule has 3 heteroatoms. The minimum Gasteiger partial charge on any atom is -0.493 e. The summed E-state index contributed by atoms with van der Waals surface area (Å²) in [7, 11) is 0. The summed E-state index contributed by atoms with van der Waals surface area (Å²) >= 11 is 0. The summed E-state index contributed by atoms with van der Waals surface area (Å²) in [6.07, 6.45) is 8.80. The smallest absolute Gasteiger partial charge is 0.130 e. The number of para-hydroxylation sites is 1. The first-order valence-corrected chi connectivity index (χ1v) is 10.1. The number of fused-ring (bicyclic) bond motifs is 1. The highest BCUT2D eigenvalue weighted by atomic mass is 19.1. The second-order valence-electron chi connectivity index (χ2n) is 7.00. The van der Waals surface area contributed by atoms with Gasteiger partial charge in [0.05, 0.1) is 17.8 Å². The van der Waals surface area contributed by atoms with Gasteiger partial charge < -0.3 is 4.74 Å². The van der Waals surface area contributed by atoms with E-state index in [1.54, 1.807) is 6.07 Å². The average Bonchev–Trinajstić information content (AvgIpc) is 2.69. The number of hydrogen-bond donors (Lipinski definition) is 0. The summed E-state index contributed by atoms with van der Waals surface area (Å²) in [4.78, 5) is 4.69. The van der Waals surface area contributed by atoms with Crippen LogP contribution in [0.15, 0.2) is 54.6 Å². The number of pyridine rings is 1. The molecule has 0 saturated carbocycles. The van der Waals surface area contributed by atoms with E-state index in [-0.39, 0.29) is 5.82 Å². The van der Waals surface area contributed by atoms with Crippen LogP contribution in [0.1, 0.15) is 51.9 Å². The van der Waals surface area contributed by atoms with Crippen molar-refractivity contribution in [2.45, 2.75) is 51.9 Å². The maximum atomic E-state index is 13.6. The van der Waals surface area contributed by atoms with Gasteiger partial charge in [-0.25, -0.2) is 9.37 Å². The second kappa shape index (κ2) is 10.1. The van der Waals surface area contributed by atoms with Crippen molar-refractivity contribution in [1.29, 1.82) is 0 Å². The van der Waals surface area contributed by atoms with Crippen LogP contribution < -0.4 is 4.74 Å². The van der Waals surface area contributed by atoms with Crippen LogP contribution in [-0.2, 0) is 0 Å². The Balaban J connectivity index is 1.68. The van der Waals surface area contributed by atoms with Crippen molar-refractivity contribution in [2.24, 2.45) is 0 Å².